The Labute approximate surface area is 126 Å². The molecule has 2 heterocycles. The highest BCUT2D eigenvalue weighted by Crippen LogP contribution is 2.25. The maximum absolute atomic E-state index is 12.3. The number of carboxylic acids is 1. The highest BCUT2D eigenvalue weighted by molar-refractivity contribution is 6.41. The number of carbonyl (C=O) groups excluding carboxylic acids is 1. The number of aliphatic carboxylic acids is 1. The summed E-state index contributed by atoms with van der Waals surface area (Å²) in [7, 11) is 0. The van der Waals surface area contributed by atoms with Crippen molar-refractivity contribution >= 4 is 35.1 Å². The lowest BCUT2D eigenvalue weighted by atomic mass is 9.93. The molecule has 0 radical (unpaired) electrons. The number of likely N-dealkylation sites (tertiary alicyclic amines) is 1. The van der Waals surface area contributed by atoms with E-state index in [0.29, 0.717) is 30.2 Å². The second kappa shape index (κ2) is 6.50. The van der Waals surface area contributed by atoms with E-state index in [-0.39, 0.29) is 23.4 Å². The van der Waals surface area contributed by atoms with E-state index in [1.165, 1.54) is 6.07 Å². The molecule has 0 bridgehead atoms. The molecule has 7 heteroatoms. The molecule has 0 saturated carbocycles. The summed E-state index contributed by atoms with van der Waals surface area (Å²) in [6.07, 6.45) is 2.60. The van der Waals surface area contributed by atoms with Gasteiger partial charge in [0.15, 0.2) is 0 Å². The van der Waals surface area contributed by atoms with Crippen LogP contribution in [0.4, 0.5) is 0 Å². The Kier molecular flexibility index (Phi) is 4.94. The van der Waals surface area contributed by atoms with E-state index < -0.39 is 5.97 Å². The van der Waals surface area contributed by atoms with Gasteiger partial charge < -0.3 is 15.0 Å². The minimum absolute atomic E-state index is 0.140. The van der Waals surface area contributed by atoms with Gasteiger partial charge in [-0.25, -0.2) is 0 Å². The summed E-state index contributed by atoms with van der Waals surface area (Å²) < 4.78 is 0. The quantitative estimate of drug-likeness (QED) is 0.896. The van der Waals surface area contributed by atoms with Crippen molar-refractivity contribution in [2.24, 2.45) is 5.92 Å². The van der Waals surface area contributed by atoms with E-state index in [9.17, 15) is 9.59 Å². The van der Waals surface area contributed by atoms with E-state index in [2.05, 4.69) is 4.98 Å². The number of halogens is 2. The fourth-order valence-electron chi connectivity index (χ4n) is 2.50. The largest absolute Gasteiger partial charge is 0.481 e. The van der Waals surface area contributed by atoms with Crippen LogP contribution in [0.3, 0.4) is 0 Å². The normalized spacial score (nSPS) is 19.1. The lowest BCUT2D eigenvalue weighted by molar-refractivity contribution is -0.137. The molecule has 110 valence electrons. The van der Waals surface area contributed by atoms with Gasteiger partial charge in [0.1, 0.15) is 10.8 Å². The molecular formula is C13H16Cl2N2O3. The Morgan fingerprint density at radius 1 is 1.45 bits per heavy atom. The van der Waals surface area contributed by atoms with Crippen LogP contribution in [-0.2, 0) is 4.79 Å². The molecule has 0 spiro atoms. The number of piperidine rings is 1. The monoisotopic (exact) mass is 318 g/mol. The predicted molar refractivity (Wildman–Crippen MR) is 76.3 cm³/mol. The minimum Gasteiger partial charge on any atom is -0.481 e. The van der Waals surface area contributed by atoms with Crippen LogP contribution in [0.25, 0.3) is 0 Å². The third-order valence-corrected chi connectivity index (χ3v) is 4.22. The standard InChI is InChI=1S/C13H16Cl2N2O3/c14-9-6-10(16-12(9)15)13(20)17-5-1-2-8(7-17)3-4-11(18)19/h6,8,16H,1-5,7H2,(H,18,19)/t8-/m0/s1. The summed E-state index contributed by atoms with van der Waals surface area (Å²) in [6, 6.07) is 1.52. The van der Waals surface area contributed by atoms with Crippen molar-refractivity contribution in [3.05, 3.63) is 21.9 Å². The third kappa shape index (κ3) is 3.67. The average molecular weight is 319 g/mol. The molecule has 0 aliphatic carbocycles. The zero-order valence-corrected chi connectivity index (χ0v) is 12.4. The molecular weight excluding hydrogens is 303 g/mol. The molecule has 0 aromatic carbocycles. The van der Waals surface area contributed by atoms with E-state index >= 15 is 0 Å². The van der Waals surface area contributed by atoms with Gasteiger partial charge in [0.05, 0.1) is 5.02 Å². The number of rotatable bonds is 4. The van der Waals surface area contributed by atoms with Crippen LogP contribution < -0.4 is 0 Å². The number of nitrogens with zero attached hydrogens (tertiary/aromatic N) is 1. The summed E-state index contributed by atoms with van der Waals surface area (Å²) in [5.41, 5.74) is 0.374. The molecule has 5 nitrogen and oxygen atoms in total. The van der Waals surface area contributed by atoms with Crippen molar-refractivity contribution in [1.29, 1.82) is 0 Å². The van der Waals surface area contributed by atoms with Crippen molar-refractivity contribution in [1.82, 2.24) is 9.88 Å². The highest BCUT2D eigenvalue weighted by Gasteiger charge is 2.26. The molecule has 1 amide bonds. The molecule has 20 heavy (non-hydrogen) atoms. The van der Waals surface area contributed by atoms with Gasteiger partial charge in [-0.1, -0.05) is 23.2 Å². The van der Waals surface area contributed by atoms with Crippen molar-refractivity contribution in [3.8, 4) is 0 Å². The number of carbonyl (C=O) groups is 2. The first kappa shape index (κ1) is 15.2. The fraction of sp³-hybridized carbons (Fsp3) is 0.538. The van der Waals surface area contributed by atoms with Crippen LogP contribution in [0.1, 0.15) is 36.2 Å². The summed E-state index contributed by atoms with van der Waals surface area (Å²) >= 11 is 11.6. The Balaban J connectivity index is 1.97. The molecule has 1 aromatic rings. The van der Waals surface area contributed by atoms with Gasteiger partial charge in [-0.05, 0) is 31.2 Å². The molecule has 1 saturated heterocycles. The fourth-order valence-corrected chi connectivity index (χ4v) is 2.82. The van der Waals surface area contributed by atoms with E-state index in [0.717, 1.165) is 12.8 Å². The number of H-pyrrole nitrogens is 1. The number of hydrogen-bond donors (Lipinski definition) is 2. The van der Waals surface area contributed by atoms with Crippen LogP contribution >= 0.6 is 23.2 Å². The van der Waals surface area contributed by atoms with Crippen LogP contribution in [0.15, 0.2) is 6.07 Å². The van der Waals surface area contributed by atoms with E-state index in [4.69, 9.17) is 28.3 Å². The molecule has 1 aliphatic heterocycles. The molecule has 1 aliphatic rings. The molecule has 0 unspecified atom stereocenters. The van der Waals surface area contributed by atoms with Gasteiger partial charge >= 0.3 is 5.97 Å². The molecule has 1 aromatic heterocycles. The van der Waals surface area contributed by atoms with Crippen molar-refractivity contribution in [3.63, 3.8) is 0 Å². The summed E-state index contributed by atoms with van der Waals surface area (Å²) in [5, 5.41) is 9.30. The molecule has 1 fully saturated rings. The summed E-state index contributed by atoms with van der Waals surface area (Å²) in [6.45, 7) is 1.26. The van der Waals surface area contributed by atoms with Crippen molar-refractivity contribution in [2.75, 3.05) is 13.1 Å². The average Bonchev–Trinajstić information content (AvgIpc) is 2.76. The number of nitrogens with one attached hydrogen (secondary N) is 1. The van der Waals surface area contributed by atoms with Crippen LogP contribution in [-0.4, -0.2) is 40.0 Å². The minimum atomic E-state index is -0.795. The lowest BCUT2D eigenvalue weighted by Crippen LogP contribution is -2.40. The second-order valence-electron chi connectivity index (χ2n) is 5.04. The first-order valence-electron chi connectivity index (χ1n) is 6.52. The smallest absolute Gasteiger partial charge is 0.303 e. The molecule has 1 atom stereocenters. The predicted octanol–water partition coefficient (Wildman–Crippen LogP) is 3.04. The zero-order chi connectivity index (χ0) is 14.7. The Bertz CT molecular complexity index is 496. The second-order valence-corrected chi connectivity index (χ2v) is 5.82. The first-order valence-corrected chi connectivity index (χ1v) is 7.28. The van der Waals surface area contributed by atoms with Crippen LogP contribution in [0.2, 0.25) is 10.2 Å². The topological polar surface area (TPSA) is 73.4 Å². The van der Waals surface area contributed by atoms with Gasteiger partial charge in [-0.15, -0.1) is 0 Å². The Morgan fingerprint density at radius 3 is 2.80 bits per heavy atom. The van der Waals surface area contributed by atoms with Gasteiger partial charge in [-0.2, -0.15) is 0 Å². The van der Waals surface area contributed by atoms with Crippen LogP contribution in [0, 0.1) is 5.92 Å². The first-order chi connectivity index (χ1) is 9.47. The number of aromatic amines is 1. The number of carboxylic acid groups (broad SMARTS) is 1. The summed E-state index contributed by atoms with van der Waals surface area (Å²) in [4.78, 5) is 27.4. The third-order valence-electron chi connectivity index (χ3n) is 3.53. The number of aromatic nitrogens is 1. The summed E-state index contributed by atoms with van der Waals surface area (Å²) in [5.74, 6) is -0.695. The molecule has 2 N–H and O–H groups in total. The van der Waals surface area contributed by atoms with Gasteiger partial charge in [0.25, 0.3) is 5.91 Å². The zero-order valence-electron chi connectivity index (χ0n) is 10.9. The SMILES string of the molecule is O=C(O)CC[C@@H]1CCCN(C(=O)c2cc(Cl)c(Cl)[nH]2)C1. The van der Waals surface area contributed by atoms with E-state index in [1.54, 1.807) is 4.90 Å². The molecule has 2 rings (SSSR count). The number of amides is 1. The van der Waals surface area contributed by atoms with Crippen molar-refractivity contribution in [2.45, 2.75) is 25.7 Å². The maximum atomic E-state index is 12.3. The van der Waals surface area contributed by atoms with Crippen molar-refractivity contribution < 1.29 is 14.7 Å². The number of hydrogen-bond acceptors (Lipinski definition) is 2. The lowest BCUT2D eigenvalue weighted by Gasteiger charge is -2.32. The Morgan fingerprint density at radius 2 is 2.20 bits per heavy atom. The van der Waals surface area contributed by atoms with Gasteiger partial charge in [0, 0.05) is 19.5 Å². The van der Waals surface area contributed by atoms with Gasteiger partial charge in [-0.3, -0.25) is 9.59 Å². The van der Waals surface area contributed by atoms with Gasteiger partial charge in [0.2, 0.25) is 0 Å². The van der Waals surface area contributed by atoms with Crippen LogP contribution in [0.5, 0.6) is 0 Å². The Hall–Kier alpha value is -1.20. The van der Waals surface area contributed by atoms with E-state index in [1.807, 2.05) is 0 Å². The maximum Gasteiger partial charge on any atom is 0.303 e. The highest BCUT2D eigenvalue weighted by atomic mass is 35.5.